The zero-order chi connectivity index (χ0) is 12.8. The highest BCUT2D eigenvalue weighted by Crippen LogP contribution is 2.18. The van der Waals surface area contributed by atoms with Crippen molar-refractivity contribution in [1.29, 1.82) is 0 Å². The zero-order valence-electron chi connectivity index (χ0n) is 10.4. The fraction of sp³-hybridized carbons (Fsp3) is 0.385. The van der Waals surface area contributed by atoms with Gasteiger partial charge in [-0.15, -0.1) is 0 Å². The highest BCUT2D eigenvalue weighted by atomic mass is 16.1. The van der Waals surface area contributed by atoms with Crippen LogP contribution in [0.1, 0.15) is 17.3 Å². The lowest BCUT2D eigenvalue weighted by Crippen LogP contribution is -2.34. The van der Waals surface area contributed by atoms with Crippen molar-refractivity contribution in [2.45, 2.75) is 6.92 Å². The van der Waals surface area contributed by atoms with Crippen LogP contribution in [0.3, 0.4) is 0 Å². The van der Waals surface area contributed by atoms with Gasteiger partial charge in [-0.2, -0.15) is 0 Å². The van der Waals surface area contributed by atoms with Gasteiger partial charge in [-0.1, -0.05) is 19.1 Å². The minimum Gasteiger partial charge on any atom is -0.373 e. The van der Waals surface area contributed by atoms with Crippen molar-refractivity contribution in [2.75, 3.05) is 25.5 Å². The van der Waals surface area contributed by atoms with Gasteiger partial charge in [0.2, 0.25) is 5.91 Å². The molecule has 17 heavy (non-hydrogen) atoms. The second kappa shape index (κ2) is 6.03. The van der Waals surface area contributed by atoms with E-state index in [1.54, 1.807) is 13.1 Å². The Hall–Kier alpha value is -1.84. The highest BCUT2D eigenvalue weighted by Gasteiger charge is 2.15. The second-order valence-corrected chi connectivity index (χ2v) is 4.07. The number of anilines is 1. The first-order valence-corrected chi connectivity index (χ1v) is 5.57. The predicted octanol–water partition coefficient (Wildman–Crippen LogP) is 1.32. The summed E-state index contributed by atoms with van der Waals surface area (Å²) in [6.45, 7) is 2.43. The Morgan fingerprint density at radius 1 is 1.47 bits per heavy atom. The van der Waals surface area contributed by atoms with Crippen molar-refractivity contribution in [1.82, 2.24) is 5.32 Å². The molecule has 0 saturated carbocycles. The Morgan fingerprint density at radius 3 is 2.71 bits per heavy atom. The second-order valence-electron chi connectivity index (χ2n) is 4.07. The average molecular weight is 234 g/mol. The Bertz CT molecular complexity index is 404. The molecule has 1 unspecified atom stereocenters. The molecule has 0 aliphatic rings. The van der Waals surface area contributed by atoms with E-state index in [0.717, 1.165) is 12.0 Å². The van der Waals surface area contributed by atoms with Crippen LogP contribution < -0.4 is 10.2 Å². The maximum Gasteiger partial charge on any atom is 0.224 e. The molecule has 92 valence electrons. The summed E-state index contributed by atoms with van der Waals surface area (Å²) >= 11 is 0. The molecular weight excluding hydrogens is 216 g/mol. The summed E-state index contributed by atoms with van der Waals surface area (Å²) in [5.41, 5.74) is 1.48. The van der Waals surface area contributed by atoms with E-state index in [9.17, 15) is 9.59 Å². The summed E-state index contributed by atoms with van der Waals surface area (Å²) in [4.78, 5) is 24.2. The predicted molar refractivity (Wildman–Crippen MR) is 68.3 cm³/mol. The van der Waals surface area contributed by atoms with Crippen molar-refractivity contribution in [3.05, 3.63) is 29.8 Å². The molecule has 1 amide bonds. The molecule has 1 N–H and O–H groups in total. The van der Waals surface area contributed by atoms with E-state index in [1.807, 2.05) is 37.1 Å². The quantitative estimate of drug-likeness (QED) is 0.782. The monoisotopic (exact) mass is 234 g/mol. The Balaban J connectivity index is 2.79. The summed E-state index contributed by atoms with van der Waals surface area (Å²) < 4.78 is 0. The molecule has 1 aromatic rings. The molecule has 0 aliphatic heterocycles. The van der Waals surface area contributed by atoms with E-state index >= 15 is 0 Å². The first-order valence-electron chi connectivity index (χ1n) is 5.57. The van der Waals surface area contributed by atoms with Gasteiger partial charge in [0.1, 0.15) is 0 Å². The van der Waals surface area contributed by atoms with E-state index in [2.05, 4.69) is 5.32 Å². The van der Waals surface area contributed by atoms with Gasteiger partial charge in [0, 0.05) is 31.9 Å². The summed E-state index contributed by atoms with van der Waals surface area (Å²) in [5.74, 6) is -0.120. The first-order chi connectivity index (χ1) is 8.10. The van der Waals surface area contributed by atoms with Crippen molar-refractivity contribution >= 4 is 17.9 Å². The van der Waals surface area contributed by atoms with Crippen molar-refractivity contribution in [3.63, 3.8) is 0 Å². The molecule has 1 atom stereocenters. The molecule has 0 fully saturated rings. The summed E-state index contributed by atoms with van der Waals surface area (Å²) in [6.07, 6.45) is 0.830. The van der Waals surface area contributed by atoms with Gasteiger partial charge in [-0.25, -0.2) is 0 Å². The standard InChI is InChI=1S/C13H18N2O2/c1-10(13(17)14-2)8-15(3)12-7-5-4-6-11(12)9-16/h4-7,9-10H,8H2,1-3H3,(H,14,17). The average Bonchev–Trinajstić information content (AvgIpc) is 2.37. The van der Waals surface area contributed by atoms with Crippen molar-refractivity contribution in [3.8, 4) is 0 Å². The number of aldehydes is 1. The molecule has 1 aromatic carbocycles. The third kappa shape index (κ3) is 3.31. The molecule has 0 saturated heterocycles. The molecule has 0 radical (unpaired) electrons. The number of carbonyl (C=O) groups excluding carboxylic acids is 2. The van der Waals surface area contributed by atoms with Gasteiger partial charge < -0.3 is 10.2 Å². The Labute approximate surface area is 102 Å². The van der Waals surface area contributed by atoms with Crippen LogP contribution in [0.4, 0.5) is 5.69 Å². The minimum atomic E-state index is -0.121. The van der Waals surface area contributed by atoms with Gasteiger partial charge >= 0.3 is 0 Å². The van der Waals surface area contributed by atoms with E-state index in [0.29, 0.717) is 12.1 Å². The van der Waals surface area contributed by atoms with Crippen LogP contribution in [0.5, 0.6) is 0 Å². The van der Waals surface area contributed by atoms with E-state index in [-0.39, 0.29) is 11.8 Å². The van der Waals surface area contributed by atoms with Crippen molar-refractivity contribution in [2.24, 2.45) is 5.92 Å². The number of para-hydroxylation sites is 1. The highest BCUT2D eigenvalue weighted by molar-refractivity contribution is 5.85. The van der Waals surface area contributed by atoms with Gasteiger partial charge in [0.15, 0.2) is 6.29 Å². The lowest BCUT2D eigenvalue weighted by atomic mass is 10.1. The molecule has 0 aromatic heterocycles. The number of nitrogens with zero attached hydrogens (tertiary/aromatic N) is 1. The van der Waals surface area contributed by atoms with Crippen LogP contribution in [0.25, 0.3) is 0 Å². The number of hydrogen-bond donors (Lipinski definition) is 1. The van der Waals surface area contributed by atoms with Gasteiger partial charge in [0.25, 0.3) is 0 Å². The van der Waals surface area contributed by atoms with Crippen LogP contribution in [0.2, 0.25) is 0 Å². The smallest absolute Gasteiger partial charge is 0.224 e. The lowest BCUT2D eigenvalue weighted by Gasteiger charge is -2.23. The Kier molecular flexibility index (Phi) is 4.69. The summed E-state index contributed by atoms with van der Waals surface area (Å²) in [7, 11) is 3.50. The molecule has 1 rings (SSSR count). The number of amides is 1. The fourth-order valence-electron chi connectivity index (χ4n) is 1.77. The van der Waals surface area contributed by atoms with Crippen LogP contribution in [0.15, 0.2) is 24.3 Å². The van der Waals surface area contributed by atoms with Crippen LogP contribution in [0, 0.1) is 5.92 Å². The van der Waals surface area contributed by atoms with E-state index < -0.39 is 0 Å². The van der Waals surface area contributed by atoms with Crippen molar-refractivity contribution < 1.29 is 9.59 Å². The molecular formula is C13H18N2O2. The van der Waals surface area contributed by atoms with E-state index in [1.165, 1.54) is 0 Å². The number of hydrogen-bond acceptors (Lipinski definition) is 3. The topological polar surface area (TPSA) is 49.4 Å². The van der Waals surface area contributed by atoms with E-state index in [4.69, 9.17) is 0 Å². The molecule has 0 aliphatic carbocycles. The summed E-state index contributed by atoms with van der Waals surface area (Å²) in [5, 5.41) is 2.62. The SMILES string of the molecule is CNC(=O)C(C)CN(C)c1ccccc1C=O. The molecule has 0 spiro atoms. The lowest BCUT2D eigenvalue weighted by molar-refractivity contribution is -0.123. The maximum absolute atomic E-state index is 11.4. The number of nitrogens with one attached hydrogen (secondary N) is 1. The van der Waals surface area contributed by atoms with Crippen LogP contribution >= 0.6 is 0 Å². The largest absolute Gasteiger partial charge is 0.373 e. The minimum absolute atomic E-state index is 0.000402. The Morgan fingerprint density at radius 2 is 2.12 bits per heavy atom. The fourth-order valence-corrected chi connectivity index (χ4v) is 1.77. The van der Waals surface area contributed by atoms with Gasteiger partial charge in [-0.3, -0.25) is 9.59 Å². The summed E-state index contributed by atoms with van der Waals surface area (Å²) in [6, 6.07) is 7.34. The van der Waals surface area contributed by atoms with Gasteiger partial charge in [0.05, 0.1) is 5.92 Å². The normalized spacial score (nSPS) is 11.7. The molecule has 0 bridgehead atoms. The molecule has 4 nitrogen and oxygen atoms in total. The molecule has 4 heteroatoms. The number of benzene rings is 1. The first kappa shape index (κ1) is 13.2. The third-order valence-corrected chi connectivity index (χ3v) is 2.72. The molecule has 0 heterocycles. The maximum atomic E-state index is 11.4. The zero-order valence-corrected chi connectivity index (χ0v) is 10.4. The number of carbonyl (C=O) groups is 2. The van der Waals surface area contributed by atoms with Crippen LogP contribution in [-0.4, -0.2) is 32.8 Å². The third-order valence-electron chi connectivity index (χ3n) is 2.72. The van der Waals surface area contributed by atoms with Crippen LogP contribution in [-0.2, 0) is 4.79 Å². The van der Waals surface area contributed by atoms with Gasteiger partial charge in [-0.05, 0) is 12.1 Å². The number of rotatable bonds is 5.